The molecule has 0 aliphatic heterocycles. The van der Waals surface area contributed by atoms with Crippen LogP contribution in [-0.2, 0) is 17.9 Å². The number of rotatable bonds is 5. The molecule has 0 radical (unpaired) electrons. The smallest absolute Gasteiger partial charge is 0.271 e. The minimum atomic E-state index is -0.184. The molecule has 0 saturated heterocycles. The number of anilines is 1. The van der Waals surface area contributed by atoms with Gasteiger partial charge in [0.2, 0.25) is 5.91 Å². The predicted octanol–water partition coefficient (Wildman–Crippen LogP) is 3.69. The Balaban J connectivity index is 1.65. The first-order valence-electron chi connectivity index (χ1n) is 8.54. The van der Waals surface area contributed by atoms with E-state index in [0.717, 1.165) is 11.3 Å². The maximum absolute atomic E-state index is 13.1. The van der Waals surface area contributed by atoms with Gasteiger partial charge >= 0.3 is 0 Å². The molecule has 5 nitrogen and oxygen atoms in total. The molecule has 0 aliphatic rings. The van der Waals surface area contributed by atoms with E-state index in [1.54, 1.807) is 11.0 Å². The van der Waals surface area contributed by atoms with E-state index < -0.39 is 0 Å². The van der Waals surface area contributed by atoms with Crippen LogP contribution in [0.25, 0.3) is 10.2 Å². The van der Waals surface area contributed by atoms with Gasteiger partial charge in [0.1, 0.15) is 11.2 Å². The second-order valence-electron chi connectivity index (χ2n) is 6.11. The van der Waals surface area contributed by atoms with E-state index in [4.69, 9.17) is 0 Å². The van der Waals surface area contributed by atoms with Gasteiger partial charge in [0.25, 0.3) is 5.56 Å². The lowest BCUT2D eigenvalue weighted by molar-refractivity contribution is -0.119. The zero-order chi connectivity index (χ0) is 18.6. The molecule has 0 bridgehead atoms. The molecular formula is C21H17N3O2S. The van der Waals surface area contributed by atoms with Crippen LogP contribution in [0.4, 0.5) is 5.69 Å². The summed E-state index contributed by atoms with van der Waals surface area (Å²) in [6.45, 7) is 0.383. The van der Waals surface area contributed by atoms with Crippen molar-refractivity contribution in [2.45, 2.75) is 13.1 Å². The number of fused-ring (bicyclic) bond motifs is 1. The molecule has 1 amide bonds. The SMILES string of the molecule is O=C(Cn1cnc2ccsc2c1=O)N(Cc1ccccc1)c1ccccc1. The lowest BCUT2D eigenvalue weighted by Crippen LogP contribution is -2.36. The number of hydrogen-bond donors (Lipinski definition) is 0. The molecule has 0 saturated carbocycles. The Kier molecular flexibility index (Phi) is 4.80. The van der Waals surface area contributed by atoms with Crippen molar-refractivity contribution >= 4 is 33.1 Å². The van der Waals surface area contributed by atoms with Gasteiger partial charge in [0.05, 0.1) is 18.4 Å². The van der Waals surface area contributed by atoms with Crippen molar-refractivity contribution in [2.24, 2.45) is 0 Å². The van der Waals surface area contributed by atoms with Crippen LogP contribution < -0.4 is 10.5 Å². The molecule has 0 N–H and O–H groups in total. The van der Waals surface area contributed by atoms with E-state index >= 15 is 0 Å². The number of carbonyl (C=O) groups excluding carboxylic acids is 1. The van der Waals surface area contributed by atoms with E-state index in [1.165, 1.54) is 22.2 Å². The Morgan fingerprint density at radius 2 is 1.70 bits per heavy atom. The monoisotopic (exact) mass is 375 g/mol. The van der Waals surface area contributed by atoms with Crippen molar-refractivity contribution < 1.29 is 4.79 Å². The maximum atomic E-state index is 13.1. The second-order valence-corrected chi connectivity index (χ2v) is 7.03. The molecule has 4 aromatic rings. The number of amides is 1. The zero-order valence-electron chi connectivity index (χ0n) is 14.5. The molecule has 2 aromatic carbocycles. The fraction of sp³-hybridized carbons (Fsp3) is 0.0952. The summed E-state index contributed by atoms with van der Waals surface area (Å²) in [6.07, 6.45) is 1.45. The van der Waals surface area contributed by atoms with E-state index in [1.807, 2.05) is 66.0 Å². The summed E-state index contributed by atoms with van der Waals surface area (Å²) in [5.74, 6) is -0.162. The molecule has 27 heavy (non-hydrogen) atoms. The van der Waals surface area contributed by atoms with Crippen molar-refractivity contribution in [3.05, 3.63) is 94.4 Å². The molecule has 2 aromatic heterocycles. The van der Waals surface area contributed by atoms with E-state index in [-0.39, 0.29) is 18.0 Å². The number of benzene rings is 2. The van der Waals surface area contributed by atoms with Gasteiger partial charge in [0.15, 0.2) is 0 Å². The Labute approximate surface area is 160 Å². The van der Waals surface area contributed by atoms with Crippen LogP contribution in [0.15, 0.2) is 83.2 Å². The van der Waals surface area contributed by atoms with Crippen molar-refractivity contribution in [1.82, 2.24) is 9.55 Å². The van der Waals surface area contributed by atoms with E-state index in [0.29, 0.717) is 16.8 Å². The van der Waals surface area contributed by atoms with Crippen LogP contribution >= 0.6 is 11.3 Å². The van der Waals surface area contributed by atoms with Gasteiger partial charge < -0.3 is 4.90 Å². The molecule has 134 valence electrons. The molecule has 0 unspecified atom stereocenters. The molecule has 4 rings (SSSR count). The molecule has 2 heterocycles. The van der Waals surface area contributed by atoms with Crippen molar-refractivity contribution in [1.29, 1.82) is 0 Å². The van der Waals surface area contributed by atoms with Gasteiger partial charge in [-0.25, -0.2) is 4.98 Å². The van der Waals surface area contributed by atoms with E-state index in [2.05, 4.69) is 4.98 Å². The minimum absolute atomic E-state index is 0.0542. The second kappa shape index (κ2) is 7.55. The fourth-order valence-electron chi connectivity index (χ4n) is 2.92. The first-order chi connectivity index (χ1) is 13.2. The van der Waals surface area contributed by atoms with E-state index in [9.17, 15) is 9.59 Å². The summed E-state index contributed by atoms with van der Waals surface area (Å²) < 4.78 is 1.95. The number of nitrogens with zero attached hydrogens (tertiary/aromatic N) is 3. The normalized spacial score (nSPS) is 10.8. The van der Waals surface area contributed by atoms with Crippen molar-refractivity contribution in [2.75, 3.05) is 4.90 Å². The lowest BCUT2D eigenvalue weighted by Gasteiger charge is -2.23. The Hall–Kier alpha value is -3.25. The molecular weight excluding hydrogens is 358 g/mol. The first kappa shape index (κ1) is 17.2. The number of para-hydroxylation sites is 1. The lowest BCUT2D eigenvalue weighted by atomic mass is 10.2. The van der Waals surface area contributed by atoms with Gasteiger partial charge in [-0.15, -0.1) is 11.3 Å². The highest BCUT2D eigenvalue weighted by molar-refractivity contribution is 7.17. The van der Waals surface area contributed by atoms with Crippen LogP contribution in [-0.4, -0.2) is 15.5 Å². The Bertz CT molecular complexity index is 1120. The van der Waals surface area contributed by atoms with Gasteiger partial charge in [-0.05, 0) is 29.1 Å². The van der Waals surface area contributed by atoms with Crippen LogP contribution in [0.2, 0.25) is 0 Å². The molecule has 0 fully saturated rings. The predicted molar refractivity (Wildman–Crippen MR) is 108 cm³/mol. The van der Waals surface area contributed by atoms with Gasteiger partial charge in [0, 0.05) is 5.69 Å². The molecule has 0 aliphatic carbocycles. The highest BCUT2D eigenvalue weighted by atomic mass is 32.1. The van der Waals surface area contributed by atoms with Crippen LogP contribution in [0.5, 0.6) is 0 Å². The third kappa shape index (κ3) is 3.66. The Morgan fingerprint density at radius 1 is 1.00 bits per heavy atom. The Morgan fingerprint density at radius 3 is 2.44 bits per heavy atom. The van der Waals surface area contributed by atoms with Crippen molar-refractivity contribution in [3.63, 3.8) is 0 Å². The summed E-state index contributed by atoms with van der Waals surface area (Å²) >= 11 is 1.34. The molecule has 0 spiro atoms. The summed E-state index contributed by atoms with van der Waals surface area (Å²) in [6, 6.07) is 21.1. The summed E-state index contributed by atoms with van der Waals surface area (Å²) in [7, 11) is 0. The third-order valence-electron chi connectivity index (χ3n) is 4.29. The maximum Gasteiger partial charge on any atom is 0.271 e. The number of carbonyl (C=O) groups is 1. The summed E-state index contributed by atoms with van der Waals surface area (Å²) in [4.78, 5) is 31.7. The average molecular weight is 375 g/mol. The average Bonchev–Trinajstić information content (AvgIpc) is 3.19. The van der Waals surface area contributed by atoms with Gasteiger partial charge in [-0.2, -0.15) is 0 Å². The zero-order valence-corrected chi connectivity index (χ0v) is 15.3. The molecule has 6 heteroatoms. The highest BCUT2D eigenvalue weighted by Crippen LogP contribution is 2.18. The van der Waals surface area contributed by atoms with Crippen LogP contribution in [0.3, 0.4) is 0 Å². The van der Waals surface area contributed by atoms with Crippen LogP contribution in [0, 0.1) is 0 Å². The van der Waals surface area contributed by atoms with Crippen LogP contribution in [0.1, 0.15) is 5.56 Å². The largest absolute Gasteiger partial charge is 0.306 e. The fourth-order valence-corrected chi connectivity index (χ4v) is 3.71. The number of aromatic nitrogens is 2. The van der Waals surface area contributed by atoms with Crippen molar-refractivity contribution in [3.8, 4) is 0 Å². The first-order valence-corrected chi connectivity index (χ1v) is 9.42. The number of thiophene rings is 1. The van der Waals surface area contributed by atoms with Gasteiger partial charge in [-0.3, -0.25) is 14.2 Å². The quantitative estimate of drug-likeness (QED) is 0.535. The molecule has 0 atom stereocenters. The highest BCUT2D eigenvalue weighted by Gasteiger charge is 2.18. The summed E-state index contributed by atoms with van der Waals surface area (Å²) in [5, 5.41) is 1.83. The summed E-state index contributed by atoms with van der Waals surface area (Å²) in [5.41, 5.74) is 2.30. The van der Waals surface area contributed by atoms with Gasteiger partial charge in [-0.1, -0.05) is 48.5 Å². The standard InChI is InChI=1S/C21H17N3O2S/c25-19(14-23-15-22-18-11-12-27-20(18)21(23)26)24(17-9-5-2-6-10-17)13-16-7-3-1-4-8-16/h1-12,15H,13-14H2. The topological polar surface area (TPSA) is 55.2 Å². The third-order valence-corrected chi connectivity index (χ3v) is 5.19. The minimum Gasteiger partial charge on any atom is -0.306 e. The number of hydrogen-bond acceptors (Lipinski definition) is 4.